The van der Waals surface area contributed by atoms with Gasteiger partial charge >= 0.3 is 11.9 Å². The number of benzene rings is 2. The predicted octanol–water partition coefficient (Wildman–Crippen LogP) is 2.59. The number of fused-ring (bicyclic) bond motifs is 1. The molecule has 1 aliphatic rings. The molecule has 13 heteroatoms. The van der Waals surface area contributed by atoms with E-state index >= 15 is 0 Å². The normalized spacial score (nSPS) is 18.7. The highest BCUT2D eigenvalue weighted by molar-refractivity contribution is 7.89. The third-order valence-electron chi connectivity index (χ3n) is 6.03. The highest BCUT2D eigenvalue weighted by Crippen LogP contribution is 2.23. The SMILES string of the molecule is CCOC(=O)c1ccc2c(c1)sc(=NC(=O)c1ccc(S(=O)(=O)N3C[C@@H](C)O[C@@H](C)C3)cc1)n2CC(=O)OC. The van der Waals surface area contributed by atoms with Gasteiger partial charge in [0, 0.05) is 18.7 Å². The average molecular weight is 576 g/mol. The molecule has 3 aromatic rings. The number of carbonyl (C=O) groups is 3. The minimum Gasteiger partial charge on any atom is -0.468 e. The van der Waals surface area contributed by atoms with Crippen LogP contribution < -0.4 is 4.80 Å². The second-order valence-electron chi connectivity index (χ2n) is 8.97. The van der Waals surface area contributed by atoms with Gasteiger partial charge in [-0.05, 0) is 63.2 Å². The van der Waals surface area contributed by atoms with Crippen molar-refractivity contribution in [1.29, 1.82) is 0 Å². The van der Waals surface area contributed by atoms with E-state index in [1.165, 1.54) is 40.2 Å². The van der Waals surface area contributed by atoms with E-state index in [-0.39, 0.29) is 53.7 Å². The van der Waals surface area contributed by atoms with Gasteiger partial charge in [0.1, 0.15) is 6.54 Å². The third kappa shape index (κ3) is 6.27. The van der Waals surface area contributed by atoms with Crippen molar-refractivity contribution in [2.75, 3.05) is 26.8 Å². The van der Waals surface area contributed by atoms with Gasteiger partial charge in [0.05, 0.1) is 46.6 Å². The van der Waals surface area contributed by atoms with Crippen molar-refractivity contribution < 1.29 is 37.0 Å². The standard InChI is InChI=1S/C26H29N3O8S2/c1-5-36-25(32)19-8-11-21-22(12-19)38-26(29(21)15-23(30)35-4)27-24(31)18-6-9-20(10-7-18)39(33,34)28-13-16(2)37-17(3)14-28/h6-12,16-17H,5,13-15H2,1-4H3/t16-,17+. The average Bonchev–Trinajstić information content (AvgIpc) is 3.23. The van der Waals surface area contributed by atoms with Gasteiger partial charge < -0.3 is 18.8 Å². The van der Waals surface area contributed by atoms with Crippen molar-refractivity contribution in [3.05, 3.63) is 58.4 Å². The summed E-state index contributed by atoms with van der Waals surface area (Å²) in [4.78, 5) is 41.8. The zero-order valence-electron chi connectivity index (χ0n) is 21.9. The number of morpholine rings is 1. The Labute approximate surface area is 229 Å². The molecule has 1 amide bonds. The molecule has 208 valence electrons. The smallest absolute Gasteiger partial charge is 0.338 e. The maximum Gasteiger partial charge on any atom is 0.338 e. The zero-order valence-corrected chi connectivity index (χ0v) is 23.6. The number of thiazole rings is 1. The summed E-state index contributed by atoms with van der Waals surface area (Å²) in [5, 5.41) is 0. The van der Waals surface area contributed by atoms with E-state index < -0.39 is 27.9 Å². The predicted molar refractivity (Wildman–Crippen MR) is 143 cm³/mol. The van der Waals surface area contributed by atoms with Crippen LogP contribution >= 0.6 is 11.3 Å². The van der Waals surface area contributed by atoms with E-state index in [0.29, 0.717) is 15.8 Å². The molecule has 1 aromatic heterocycles. The molecule has 2 aromatic carbocycles. The lowest BCUT2D eigenvalue weighted by Gasteiger charge is -2.34. The molecular weight excluding hydrogens is 546 g/mol. The Morgan fingerprint density at radius 1 is 1.05 bits per heavy atom. The van der Waals surface area contributed by atoms with E-state index in [0.717, 1.165) is 11.3 Å². The zero-order chi connectivity index (χ0) is 28.3. The van der Waals surface area contributed by atoms with E-state index in [9.17, 15) is 22.8 Å². The minimum atomic E-state index is -3.76. The van der Waals surface area contributed by atoms with Gasteiger partial charge in [0.2, 0.25) is 10.0 Å². The molecule has 39 heavy (non-hydrogen) atoms. The summed E-state index contributed by atoms with van der Waals surface area (Å²) >= 11 is 1.12. The molecule has 0 unspecified atom stereocenters. The molecule has 0 radical (unpaired) electrons. The van der Waals surface area contributed by atoms with Crippen molar-refractivity contribution in [2.45, 2.75) is 44.4 Å². The van der Waals surface area contributed by atoms with Crippen LogP contribution in [-0.4, -0.2) is 74.2 Å². The molecule has 4 rings (SSSR count). The summed E-state index contributed by atoms with van der Waals surface area (Å²) < 4.78 is 45.3. The fourth-order valence-corrected chi connectivity index (χ4v) is 6.90. The Kier molecular flexibility index (Phi) is 8.64. The molecule has 1 aliphatic heterocycles. The number of rotatable bonds is 7. The quantitative estimate of drug-likeness (QED) is 0.393. The van der Waals surface area contributed by atoms with Crippen LogP contribution in [0.5, 0.6) is 0 Å². The monoisotopic (exact) mass is 575 g/mol. The first-order chi connectivity index (χ1) is 18.5. The second-order valence-corrected chi connectivity index (χ2v) is 11.9. The van der Waals surface area contributed by atoms with Crippen LogP contribution in [0, 0.1) is 0 Å². The van der Waals surface area contributed by atoms with Crippen LogP contribution in [-0.2, 0) is 35.6 Å². The van der Waals surface area contributed by atoms with Crippen molar-refractivity contribution in [1.82, 2.24) is 8.87 Å². The number of aromatic nitrogens is 1. The summed E-state index contributed by atoms with van der Waals surface area (Å²) in [5.41, 5.74) is 1.09. The number of hydrogen-bond donors (Lipinski definition) is 0. The lowest BCUT2D eigenvalue weighted by atomic mass is 10.2. The first kappa shape index (κ1) is 28.6. The summed E-state index contributed by atoms with van der Waals surface area (Å²) in [7, 11) is -2.51. The molecule has 0 aliphatic carbocycles. The molecule has 1 saturated heterocycles. The minimum absolute atomic E-state index is 0.0643. The summed E-state index contributed by atoms with van der Waals surface area (Å²) in [5.74, 6) is -1.65. The fourth-order valence-electron chi connectivity index (χ4n) is 4.24. The number of amides is 1. The Hall–Kier alpha value is -3.39. The number of ether oxygens (including phenoxy) is 3. The van der Waals surface area contributed by atoms with Crippen molar-refractivity contribution >= 4 is 49.4 Å². The molecule has 1 fully saturated rings. The van der Waals surface area contributed by atoms with E-state index in [2.05, 4.69) is 4.99 Å². The first-order valence-corrected chi connectivity index (χ1v) is 14.5. The third-order valence-corrected chi connectivity index (χ3v) is 8.92. The largest absolute Gasteiger partial charge is 0.468 e. The maximum atomic E-state index is 13.1. The molecular formula is C26H29N3O8S2. The van der Waals surface area contributed by atoms with Gasteiger partial charge in [-0.15, -0.1) is 0 Å². The summed E-state index contributed by atoms with van der Waals surface area (Å²) in [6.45, 7) is 5.86. The topological polar surface area (TPSA) is 134 Å². The van der Waals surface area contributed by atoms with Crippen molar-refractivity contribution in [2.24, 2.45) is 4.99 Å². The summed E-state index contributed by atoms with van der Waals surface area (Å²) in [6.07, 6.45) is -0.455. The van der Waals surface area contributed by atoms with Crippen molar-refractivity contribution in [3.63, 3.8) is 0 Å². The van der Waals surface area contributed by atoms with Crippen LogP contribution in [0.2, 0.25) is 0 Å². The number of carbonyl (C=O) groups excluding carboxylic acids is 3. The van der Waals surface area contributed by atoms with Gasteiger partial charge in [-0.1, -0.05) is 11.3 Å². The fraction of sp³-hybridized carbons (Fsp3) is 0.385. The Bertz CT molecular complexity index is 1560. The maximum absolute atomic E-state index is 13.1. The van der Waals surface area contributed by atoms with E-state index in [1.54, 1.807) is 25.1 Å². The lowest BCUT2D eigenvalue weighted by Crippen LogP contribution is -2.48. The molecule has 0 N–H and O–H groups in total. The van der Waals surface area contributed by atoms with Gasteiger partial charge in [-0.25, -0.2) is 13.2 Å². The van der Waals surface area contributed by atoms with Crippen LogP contribution in [0.25, 0.3) is 10.2 Å². The Morgan fingerprint density at radius 3 is 2.31 bits per heavy atom. The van der Waals surface area contributed by atoms with Crippen LogP contribution in [0.4, 0.5) is 0 Å². The second kappa shape index (κ2) is 11.8. The number of esters is 2. The van der Waals surface area contributed by atoms with Crippen molar-refractivity contribution in [3.8, 4) is 0 Å². The van der Waals surface area contributed by atoms with E-state index in [4.69, 9.17) is 14.2 Å². The molecule has 0 saturated carbocycles. The lowest BCUT2D eigenvalue weighted by molar-refractivity contribution is -0.141. The molecule has 2 heterocycles. The molecule has 0 bridgehead atoms. The van der Waals surface area contributed by atoms with Crippen LogP contribution in [0.1, 0.15) is 41.5 Å². The number of nitrogens with zero attached hydrogens (tertiary/aromatic N) is 3. The Morgan fingerprint density at radius 2 is 1.69 bits per heavy atom. The first-order valence-electron chi connectivity index (χ1n) is 12.3. The van der Waals surface area contributed by atoms with Gasteiger partial charge in [-0.3, -0.25) is 9.59 Å². The summed E-state index contributed by atoms with van der Waals surface area (Å²) in [6, 6.07) is 10.4. The van der Waals surface area contributed by atoms with Gasteiger partial charge in [0.25, 0.3) is 5.91 Å². The molecule has 11 nitrogen and oxygen atoms in total. The van der Waals surface area contributed by atoms with Crippen LogP contribution in [0.3, 0.4) is 0 Å². The molecule has 2 atom stereocenters. The Balaban J connectivity index is 1.67. The molecule has 0 spiro atoms. The number of sulfonamides is 1. The highest BCUT2D eigenvalue weighted by atomic mass is 32.2. The number of methoxy groups -OCH3 is 1. The van der Waals surface area contributed by atoms with E-state index in [1.807, 2.05) is 13.8 Å². The number of hydrogen-bond acceptors (Lipinski definition) is 9. The van der Waals surface area contributed by atoms with Gasteiger partial charge in [0.15, 0.2) is 4.80 Å². The highest BCUT2D eigenvalue weighted by Gasteiger charge is 2.32. The van der Waals surface area contributed by atoms with Crippen LogP contribution in [0.15, 0.2) is 52.4 Å². The van der Waals surface area contributed by atoms with Gasteiger partial charge in [-0.2, -0.15) is 9.30 Å².